The number of carbonyl (C=O) groups is 3. The molecule has 158 valence electrons. The highest BCUT2D eigenvalue weighted by molar-refractivity contribution is 6.05. The topological polar surface area (TPSA) is 79.8 Å². The molecule has 1 aliphatic heterocycles. The van der Waals surface area contributed by atoms with E-state index in [0.29, 0.717) is 25.1 Å². The molecule has 0 aliphatic carbocycles. The molecule has 0 radical (unpaired) electrons. The quantitative estimate of drug-likeness (QED) is 0.703. The Labute approximate surface area is 174 Å². The lowest BCUT2D eigenvalue weighted by Crippen LogP contribution is -2.50. The zero-order valence-corrected chi connectivity index (χ0v) is 17.2. The number of halogens is 1. The fraction of sp³-hybridized carbons (Fsp3) is 0.364. The van der Waals surface area contributed by atoms with Crippen molar-refractivity contribution in [3.63, 3.8) is 0 Å². The molecule has 2 aromatic rings. The summed E-state index contributed by atoms with van der Waals surface area (Å²) in [7, 11) is 1.68. The molecular formula is C22H24FN3O4. The molecule has 0 bridgehead atoms. The summed E-state index contributed by atoms with van der Waals surface area (Å²) in [5.74, 6) is -1.64. The number of nitrogens with zero attached hydrogens (tertiary/aromatic N) is 3. The number of ether oxygens (including phenoxy) is 1. The number of piperazine rings is 1. The monoisotopic (exact) mass is 413 g/mol. The highest BCUT2D eigenvalue weighted by Crippen LogP contribution is 2.18. The second-order valence-corrected chi connectivity index (χ2v) is 7.54. The average molecular weight is 413 g/mol. The van der Waals surface area contributed by atoms with Gasteiger partial charge in [0.2, 0.25) is 5.91 Å². The fourth-order valence-corrected chi connectivity index (χ4v) is 3.14. The number of amides is 2. The van der Waals surface area contributed by atoms with Crippen molar-refractivity contribution in [1.29, 1.82) is 0 Å². The second kappa shape index (κ2) is 9.02. The SMILES string of the molecule is CC(C)OC(=O)c1ncc(Cc2ccc(F)cc2)cc1C(=O)N1CCN(C)C(=O)C1. The summed E-state index contributed by atoms with van der Waals surface area (Å²) in [6, 6.07) is 7.62. The van der Waals surface area contributed by atoms with Crippen LogP contribution in [-0.4, -0.2) is 65.4 Å². The van der Waals surface area contributed by atoms with E-state index in [9.17, 15) is 18.8 Å². The van der Waals surface area contributed by atoms with Crippen molar-refractivity contribution in [2.75, 3.05) is 26.7 Å². The molecule has 8 heteroatoms. The Hall–Kier alpha value is -3.29. The Morgan fingerprint density at radius 3 is 2.50 bits per heavy atom. The Kier molecular flexibility index (Phi) is 6.44. The van der Waals surface area contributed by atoms with Gasteiger partial charge in [-0.1, -0.05) is 12.1 Å². The van der Waals surface area contributed by atoms with Crippen molar-refractivity contribution < 1.29 is 23.5 Å². The van der Waals surface area contributed by atoms with Crippen molar-refractivity contribution in [2.24, 2.45) is 0 Å². The molecule has 0 atom stereocenters. The van der Waals surface area contributed by atoms with Gasteiger partial charge in [0.05, 0.1) is 11.7 Å². The summed E-state index contributed by atoms with van der Waals surface area (Å²) in [6.07, 6.45) is 1.55. The van der Waals surface area contributed by atoms with Crippen molar-refractivity contribution >= 4 is 17.8 Å². The van der Waals surface area contributed by atoms with Crippen LogP contribution in [0, 0.1) is 5.82 Å². The lowest BCUT2D eigenvalue weighted by molar-refractivity contribution is -0.133. The molecule has 1 fully saturated rings. The molecule has 0 spiro atoms. The highest BCUT2D eigenvalue weighted by atomic mass is 19.1. The molecule has 7 nitrogen and oxygen atoms in total. The van der Waals surface area contributed by atoms with E-state index in [4.69, 9.17) is 4.74 Å². The van der Waals surface area contributed by atoms with E-state index in [-0.39, 0.29) is 35.6 Å². The first kappa shape index (κ1) is 21.4. The van der Waals surface area contributed by atoms with E-state index in [1.807, 2.05) is 0 Å². The first-order chi connectivity index (χ1) is 14.2. The average Bonchev–Trinajstić information content (AvgIpc) is 2.70. The molecule has 1 aromatic heterocycles. The lowest BCUT2D eigenvalue weighted by atomic mass is 10.0. The third-order valence-electron chi connectivity index (χ3n) is 4.78. The van der Waals surface area contributed by atoms with Gasteiger partial charge in [-0.15, -0.1) is 0 Å². The van der Waals surface area contributed by atoms with Crippen molar-refractivity contribution in [3.05, 3.63) is 64.7 Å². The maximum Gasteiger partial charge on any atom is 0.358 e. The lowest BCUT2D eigenvalue weighted by Gasteiger charge is -2.32. The second-order valence-electron chi connectivity index (χ2n) is 7.54. The van der Waals surface area contributed by atoms with E-state index in [1.54, 1.807) is 44.0 Å². The number of pyridine rings is 1. The molecular weight excluding hydrogens is 389 g/mol. The van der Waals surface area contributed by atoms with Crippen LogP contribution < -0.4 is 0 Å². The summed E-state index contributed by atoms with van der Waals surface area (Å²) in [5, 5.41) is 0. The number of likely N-dealkylation sites (N-methyl/N-ethyl adjacent to an activating group) is 1. The van der Waals surface area contributed by atoms with Gasteiger partial charge in [0.25, 0.3) is 5.91 Å². The third-order valence-corrected chi connectivity index (χ3v) is 4.78. The Morgan fingerprint density at radius 2 is 1.87 bits per heavy atom. The van der Waals surface area contributed by atoms with Crippen LogP contribution in [-0.2, 0) is 16.0 Å². The summed E-state index contributed by atoms with van der Waals surface area (Å²) in [4.78, 5) is 44.9. The van der Waals surface area contributed by atoms with Gasteiger partial charge >= 0.3 is 5.97 Å². The van der Waals surface area contributed by atoms with Crippen LogP contribution in [0.1, 0.15) is 45.8 Å². The van der Waals surface area contributed by atoms with Gasteiger partial charge < -0.3 is 14.5 Å². The summed E-state index contributed by atoms with van der Waals surface area (Å²) in [5.41, 5.74) is 1.54. The number of rotatable bonds is 5. The molecule has 0 saturated carbocycles. The zero-order valence-electron chi connectivity index (χ0n) is 17.2. The van der Waals surface area contributed by atoms with Gasteiger partial charge in [-0.2, -0.15) is 0 Å². The molecule has 2 heterocycles. The predicted octanol–water partition coefficient (Wildman–Crippen LogP) is 2.29. The molecule has 2 amide bonds. The summed E-state index contributed by atoms with van der Waals surface area (Å²) in [6.45, 7) is 4.14. The van der Waals surface area contributed by atoms with Crippen molar-refractivity contribution in [2.45, 2.75) is 26.4 Å². The third kappa shape index (κ3) is 5.00. The Bertz CT molecular complexity index is 959. The number of aromatic nitrogens is 1. The minimum atomic E-state index is -0.692. The van der Waals surface area contributed by atoms with Crippen LogP contribution in [0.5, 0.6) is 0 Å². The largest absolute Gasteiger partial charge is 0.458 e. The highest BCUT2D eigenvalue weighted by Gasteiger charge is 2.30. The van der Waals surface area contributed by atoms with Gasteiger partial charge in [-0.25, -0.2) is 14.2 Å². The number of esters is 1. The molecule has 0 N–H and O–H groups in total. The van der Waals surface area contributed by atoms with Crippen LogP contribution in [0.4, 0.5) is 4.39 Å². The van der Waals surface area contributed by atoms with E-state index in [1.165, 1.54) is 23.2 Å². The Morgan fingerprint density at radius 1 is 1.17 bits per heavy atom. The number of hydrogen-bond acceptors (Lipinski definition) is 5. The molecule has 1 aromatic carbocycles. The Balaban J connectivity index is 1.93. The standard InChI is InChI=1S/C22H24FN3O4/c1-14(2)30-22(29)20-18(21(28)26-9-8-25(3)19(27)13-26)11-16(12-24-20)10-15-4-6-17(23)7-5-15/h4-7,11-12,14H,8-10,13H2,1-3H3. The summed E-state index contributed by atoms with van der Waals surface area (Å²) < 4.78 is 18.4. The molecule has 1 aliphatic rings. The van der Waals surface area contributed by atoms with Crippen LogP contribution in [0.25, 0.3) is 0 Å². The van der Waals surface area contributed by atoms with Crippen LogP contribution >= 0.6 is 0 Å². The van der Waals surface area contributed by atoms with Crippen molar-refractivity contribution in [1.82, 2.24) is 14.8 Å². The van der Waals surface area contributed by atoms with E-state index >= 15 is 0 Å². The van der Waals surface area contributed by atoms with Gasteiger partial charge in [-0.05, 0) is 49.6 Å². The zero-order chi connectivity index (χ0) is 21.8. The van der Waals surface area contributed by atoms with Gasteiger partial charge in [0.15, 0.2) is 5.69 Å². The van der Waals surface area contributed by atoms with E-state index in [2.05, 4.69) is 4.98 Å². The van der Waals surface area contributed by atoms with Crippen molar-refractivity contribution in [3.8, 4) is 0 Å². The number of benzene rings is 1. The van der Waals surface area contributed by atoms with E-state index < -0.39 is 11.9 Å². The summed E-state index contributed by atoms with van der Waals surface area (Å²) >= 11 is 0. The maximum atomic E-state index is 13.2. The first-order valence-electron chi connectivity index (χ1n) is 9.72. The van der Waals surface area contributed by atoms with Crippen LogP contribution in [0.2, 0.25) is 0 Å². The van der Waals surface area contributed by atoms with Gasteiger partial charge in [0.1, 0.15) is 12.4 Å². The maximum absolute atomic E-state index is 13.2. The predicted molar refractivity (Wildman–Crippen MR) is 108 cm³/mol. The first-order valence-corrected chi connectivity index (χ1v) is 9.72. The molecule has 0 unspecified atom stereocenters. The normalized spacial score (nSPS) is 14.2. The van der Waals surface area contributed by atoms with Gasteiger partial charge in [0, 0.05) is 26.3 Å². The minimum absolute atomic E-state index is 0.0593. The van der Waals surface area contributed by atoms with Crippen LogP contribution in [0.15, 0.2) is 36.5 Å². The number of hydrogen-bond donors (Lipinski definition) is 0. The molecule has 30 heavy (non-hydrogen) atoms. The number of carbonyl (C=O) groups excluding carboxylic acids is 3. The smallest absolute Gasteiger partial charge is 0.358 e. The fourth-order valence-electron chi connectivity index (χ4n) is 3.14. The van der Waals surface area contributed by atoms with E-state index in [0.717, 1.165) is 5.56 Å². The van der Waals surface area contributed by atoms with Gasteiger partial charge in [-0.3, -0.25) is 9.59 Å². The molecule has 3 rings (SSSR count). The minimum Gasteiger partial charge on any atom is -0.458 e. The molecule has 1 saturated heterocycles. The van der Waals surface area contributed by atoms with Crippen LogP contribution in [0.3, 0.4) is 0 Å².